The van der Waals surface area contributed by atoms with Gasteiger partial charge >= 0.3 is 0 Å². The molecule has 6 nitrogen and oxygen atoms in total. The van der Waals surface area contributed by atoms with E-state index in [4.69, 9.17) is 14.4 Å². The Hall–Kier alpha value is -2.78. The third kappa shape index (κ3) is 3.37. The third-order valence-corrected chi connectivity index (χ3v) is 5.00. The number of piperidine rings is 3. The van der Waals surface area contributed by atoms with Crippen LogP contribution in [-0.2, 0) is 0 Å². The van der Waals surface area contributed by atoms with Crippen molar-refractivity contribution < 1.29 is 13.9 Å². The fourth-order valence-electron chi connectivity index (χ4n) is 3.61. The van der Waals surface area contributed by atoms with Crippen LogP contribution in [0.5, 0.6) is 11.7 Å². The molecule has 0 unspecified atom stereocenters. The Morgan fingerprint density at radius 3 is 2.56 bits per heavy atom. The molecule has 2 bridgehead atoms. The van der Waals surface area contributed by atoms with Gasteiger partial charge in [0.25, 0.3) is 11.9 Å². The summed E-state index contributed by atoms with van der Waals surface area (Å²) in [6.07, 6.45) is 2.34. The van der Waals surface area contributed by atoms with Gasteiger partial charge in [-0.2, -0.15) is 5.26 Å². The van der Waals surface area contributed by atoms with Crippen molar-refractivity contribution >= 4 is 5.91 Å². The lowest BCUT2D eigenvalue weighted by Crippen LogP contribution is -2.57. The molecule has 3 aliphatic heterocycles. The summed E-state index contributed by atoms with van der Waals surface area (Å²) < 4.78 is 10.7. The Bertz CT molecular complexity index is 798. The minimum atomic E-state index is -0.0462. The lowest BCUT2D eigenvalue weighted by Gasteiger charge is -2.44. The number of nitrogens with one attached hydrogen (secondary N) is 1. The molecule has 4 heterocycles. The summed E-state index contributed by atoms with van der Waals surface area (Å²) in [5, 5.41) is 11.9. The first-order chi connectivity index (χ1) is 12.2. The van der Waals surface area contributed by atoms with Crippen LogP contribution in [-0.4, -0.2) is 36.5 Å². The summed E-state index contributed by atoms with van der Waals surface area (Å²) in [4.78, 5) is 14.9. The number of furan rings is 1. The number of nitrogens with zero attached hydrogens (tertiary/aromatic N) is 2. The van der Waals surface area contributed by atoms with Gasteiger partial charge in [-0.05, 0) is 62.2 Å². The number of fused-ring (bicyclic) bond motifs is 3. The summed E-state index contributed by atoms with van der Waals surface area (Å²) >= 11 is 0. The zero-order valence-electron chi connectivity index (χ0n) is 13.8. The molecule has 128 valence electrons. The highest BCUT2D eigenvalue weighted by Crippen LogP contribution is 2.28. The van der Waals surface area contributed by atoms with Gasteiger partial charge in [0.1, 0.15) is 11.8 Å². The smallest absolute Gasteiger partial charge is 0.291 e. The highest BCUT2D eigenvalue weighted by molar-refractivity contribution is 5.94. The van der Waals surface area contributed by atoms with Crippen molar-refractivity contribution in [2.45, 2.75) is 18.9 Å². The Kier molecular flexibility index (Phi) is 4.16. The van der Waals surface area contributed by atoms with Crippen LogP contribution in [0.3, 0.4) is 0 Å². The van der Waals surface area contributed by atoms with Crippen molar-refractivity contribution in [3.63, 3.8) is 0 Å². The van der Waals surface area contributed by atoms with Gasteiger partial charge in [0.05, 0.1) is 0 Å². The SMILES string of the molecule is N#Cc1ccc(Oc2ccc(C(=O)N[C@H]3CN4CCC3CC4)cc2)o1. The Morgan fingerprint density at radius 1 is 1.20 bits per heavy atom. The van der Waals surface area contributed by atoms with Crippen molar-refractivity contribution in [3.8, 4) is 17.8 Å². The van der Waals surface area contributed by atoms with E-state index in [1.807, 2.05) is 6.07 Å². The van der Waals surface area contributed by atoms with Crippen molar-refractivity contribution in [2.24, 2.45) is 5.92 Å². The Balaban J connectivity index is 1.38. The number of hydrogen-bond acceptors (Lipinski definition) is 5. The fourth-order valence-corrected chi connectivity index (χ4v) is 3.61. The third-order valence-electron chi connectivity index (χ3n) is 5.00. The van der Waals surface area contributed by atoms with Crippen molar-refractivity contribution in [1.82, 2.24) is 10.2 Å². The maximum absolute atomic E-state index is 12.5. The van der Waals surface area contributed by atoms with Crippen LogP contribution in [0.1, 0.15) is 29.0 Å². The van der Waals surface area contributed by atoms with E-state index in [0.717, 1.165) is 19.6 Å². The molecule has 5 rings (SSSR count). The summed E-state index contributed by atoms with van der Waals surface area (Å²) in [6.45, 7) is 3.27. The standard InChI is InChI=1S/C19H19N3O3/c20-11-16-5-6-18(25-16)24-15-3-1-14(2-4-15)19(23)21-17-12-22-9-7-13(17)8-10-22/h1-6,13,17H,7-10,12H2,(H,21,23)/t17-/m0/s1. The van der Waals surface area contributed by atoms with E-state index < -0.39 is 0 Å². The summed E-state index contributed by atoms with van der Waals surface area (Å²) in [5.74, 6) is 1.56. The molecular weight excluding hydrogens is 318 g/mol. The zero-order valence-corrected chi connectivity index (χ0v) is 13.8. The number of hydrogen-bond donors (Lipinski definition) is 1. The highest BCUT2D eigenvalue weighted by atomic mass is 16.6. The molecule has 0 aliphatic carbocycles. The van der Waals surface area contributed by atoms with Crippen LogP contribution < -0.4 is 10.1 Å². The maximum Gasteiger partial charge on any atom is 0.291 e. The minimum Gasteiger partial charge on any atom is -0.426 e. The molecular formula is C19H19N3O3. The number of nitriles is 1. The van der Waals surface area contributed by atoms with Gasteiger partial charge in [-0.3, -0.25) is 4.79 Å². The van der Waals surface area contributed by atoms with Gasteiger partial charge in [-0.1, -0.05) is 0 Å². The molecule has 0 spiro atoms. The second kappa shape index (κ2) is 6.61. The Morgan fingerprint density at radius 2 is 1.96 bits per heavy atom. The van der Waals surface area contributed by atoms with Crippen LogP contribution in [0.25, 0.3) is 0 Å². The second-order valence-electron chi connectivity index (χ2n) is 6.57. The number of amides is 1. The Labute approximate surface area is 146 Å². The number of carbonyl (C=O) groups is 1. The van der Waals surface area contributed by atoms with Crippen molar-refractivity contribution in [1.29, 1.82) is 5.26 Å². The quantitative estimate of drug-likeness (QED) is 0.928. The predicted molar refractivity (Wildman–Crippen MR) is 90.4 cm³/mol. The van der Waals surface area contributed by atoms with E-state index >= 15 is 0 Å². The first kappa shape index (κ1) is 15.7. The normalized spacial score (nSPS) is 24.5. The van der Waals surface area contributed by atoms with E-state index in [9.17, 15) is 4.79 Å². The van der Waals surface area contributed by atoms with Gasteiger partial charge in [0.15, 0.2) is 0 Å². The average Bonchev–Trinajstić information content (AvgIpc) is 3.11. The average molecular weight is 337 g/mol. The topological polar surface area (TPSA) is 78.5 Å². The van der Waals surface area contributed by atoms with Gasteiger partial charge in [0.2, 0.25) is 5.76 Å². The number of carbonyl (C=O) groups excluding carboxylic acids is 1. The van der Waals surface area contributed by atoms with Gasteiger partial charge in [-0.25, -0.2) is 0 Å². The molecule has 2 aromatic rings. The summed E-state index contributed by atoms with van der Waals surface area (Å²) in [7, 11) is 0. The highest BCUT2D eigenvalue weighted by Gasteiger charge is 2.34. The maximum atomic E-state index is 12.5. The van der Waals surface area contributed by atoms with Gasteiger partial charge in [0, 0.05) is 24.2 Å². The van der Waals surface area contributed by atoms with Gasteiger partial charge < -0.3 is 19.4 Å². The van der Waals surface area contributed by atoms with E-state index in [1.54, 1.807) is 36.4 Å². The van der Waals surface area contributed by atoms with Crippen LogP contribution in [0.4, 0.5) is 0 Å². The van der Waals surface area contributed by atoms with Crippen LogP contribution in [0.15, 0.2) is 40.8 Å². The largest absolute Gasteiger partial charge is 0.426 e. The monoisotopic (exact) mass is 337 g/mol. The molecule has 1 atom stereocenters. The molecule has 1 aromatic carbocycles. The van der Waals surface area contributed by atoms with Crippen molar-refractivity contribution in [3.05, 3.63) is 47.7 Å². The fraction of sp³-hybridized carbons (Fsp3) is 0.368. The lowest BCUT2D eigenvalue weighted by atomic mass is 9.84. The van der Waals surface area contributed by atoms with E-state index in [0.29, 0.717) is 17.2 Å². The molecule has 3 aliphatic rings. The van der Waals surface area contributed by atoms with E-state index in [1.165, 1.54) is 12.8 Å². The number of rotatable bonds is 4. The minimum absolute atomic E-state index is 0.0462. The molecule has 25 heavy (non-hydrogen) atoms. The molecule has 1 amide bonds. The van der Waals surface area contributed by atoms with E-state index in [-0.39, 0.29) is 23.7 Å². The van der Waals surface area contributed by atoms with Crippen LogP contribution in [0, 0.1) is 17.2 Å². The number of benzene rings is 1. The van der Waals surface area contributed by atoms with Crippen LogP contribution >= 0.6 is 0 Å². The summed E-state index contributed by atoms with van der Waals surface area (Å²) in [6, 6.07) is 12.2. The molecule has 1 aromatic heterocycles. The second-order valence-corrected chi connectivity index (χ2v) is 6.57. The summed E-state index contributed by atoms with van der Waals surface area (Å²) in [5.41, 5.74) is 0.612. The van der Waals surface area contributed by atoms with Crippen molar-refractivity contribution in [2.75, 3.05) is 19.6 Å². The molecule has 1 N–H and O–H groups in total. The molecule has 3 fully saturated rings. The lowest BCUT2D eigenvalue weighted by molar-refractivity contribution is 0.0620. The molecule has 3 saturated heterocycles. The van der Waals surface area contributed by atoms with Crippen LogP contribution in [0.2, 0.25) is 0 Å². The zero-order chi connectivity index (χ0) is 17.2. The van der Waals surface area contributed by atoms with Gasteiger partial charge in [-0.15, -0.1) is 0 Å². The predicted octanol–water partition coefficient (Wildman–Crippen LogP) is 2.77. The first-order valence-electron chi connectivity index (χ1n) is 8.52. The molecule has 0 saturated carbocycles. The molecule has 0 radical (unpaired) electrons. The molecule has 6 heteroatoms. The van der Waals surface area contributed by atoms with E-state index in [2.05, 4.69) is 10.2 Å². The first-order valence-corrected chi connectivity index (χ1v) is 8.52. The number of ether oxygens (including phenoxy) is 1.